The molecule has 1 heterocycles. The molecule has 0 aromatic heterocycles. The van der Waals surface area contributed by atoms with Gasteiger partial charge in [0.1, 0.15) is 11.4 Å². The Morgan fingerprint density at radius 1 is 1.09 bits per heavy atom. The number of aliphatic imine (C=N–C) groups is 1. The molecule has 0 atom stereocenters. The SMILES string of the molecule is COc1ccccc1N=Cc1ccc(N2CCCC2)c(C)c1. The molecule has 1 saturated heterocycles. The minimum absolute atomic E-state index is 0.796. The van der Waals surface area contributed by atoms with Gasteiger partial charge in [-0.3, -0.25) is 4.99 Å². The predicted molar refractivity (Wildman–Crippen MR) is 92.9 cm³/mol. The van der Waals surface area contributed by atoms with Crippen molar-refractivity contribution < 1.29 is 4.74 Å². The summed E-state index contributed by atoms with van der Waals surface area (Å²) in [5, 5.41) is 0. The molecule has 1 aliphatic rings. The number of methoxy groups -OCH3 is 1. The van der Waals surface area contributed by atoms with Crippen LogP contribution in [0.25, 0.3) is 0 Å². The first-order valence-corrected chi connectivity index (χ1v) is 7.80. The third kappa shape index (κ3) is 3.14. The van der Waals surface area contributed by atoms with E-state index in [0.717, 1.165) is 17.0 Å². The van der Waals surface area contributed by atoms with Crippen molar-refractivity contribution in [2.75, 3.05) is 25.1 Å². The molecule has 0 amide bonds. The second kappa shape index (κ2) is 6.65. The van der Waals surface area contributed by atoms with Crippen molar-refractivity contribution in [2.45, 2.75) is 19.8 Å². The maximum Gasteiger partial charge on any atom is 0.144 e. The van der Waals surface area contributed by atoms with E-state index in [0.29, 0.717) is 0 Å². The molecular weight excluding hydrogens is 272 g/mol. The van der Waals surface area contributed by atoms with E-state index < -0.39 is 0 Å². The van der Waals surface area contributed by atoms with E-state index in [1.807, 2.05) is 30.5 Å². The molecule has 3 nitrogen and oxygen atoms in total. The number of aryl methyl sites for hydroxylation is 1. The van der Waals surface area contributed by atoms with Gasteiger partial charge in [0.05, 0.1) is 7.11 Å². The fourth-order valence-electron chi connectivity index (χ4n) is 2.95. The molecule has 1 fully saturated rings. The van der Waals surface area contributed by atoms with Crippen LogP contribution in [0.3, 0.4) is 0 Å². The van der Waals surface area contributed by atoms with Crippen molar-refractivity contribution in [3.8, 4) is 5.75 Å². The topological polar surface area (TPSA) is 24.8 Å². The summed E-state index contributed by atoms with van der Waals surface area (Å²) in [5.74, 6) is 0.796. The maximum absolute atomic E-state index is 5.32. The fraction of sp³-hybridized carbons (Fsp3) is 0.316. The summed E-state index contributed by atoms with van der Waals surface area (Å²) in [4.78, 5) is 7.02. The molecule has 1 aliphatic heterocycles. The van der Waals surface area contributed by atoms with Gasteiger partial charge in [-0.1, -0.05) is 18.2 Å². The van der Waals surface area contributed by atoms with Gasteiger partial charge >= 0.3 is 0 Å². The van der Waals surface area contributed by atoms with E-state index in [2.05, 4.69) is 35.0 Å². The fourth-order valence-corrected chi connectivity index (χ4v) is 2.95. The summed E-state index contributed by atoms with van der Waals surface area (Å²) < 4.78 is 5.32. The molecule has 3 rings (SSSR count). The van der Waals surface area contributed by atoms with Gasteiger partial charge in [-0.2, -0.15) is 0 Å². The smallest absolute Gasteiger partial charge is 0.144 e. The first-order chi connectivity index (χ1) is 10.8. The van der Waals surface area contributed by atoms with E-state index in [9.17, 15) is 0 Å². The second-order valence-electron chi connectivity index (χ2n) is 5.67. The zero-order chi connectivity index (χ0) is 15.4. The van der Waals surface area contributed by atoms with Crippen molar-refractivity contribution >= 4 is 17.6 Å². The van der Waals surface area contributed by atoms with Gasteiger partial charge in [-0.15, -0.1) is 0 Å². The lowest BCUT2D eigenvalue weighted by Gasteiger charge is -2.20. The van der Waals surface area contributed by atoms with E-state index in [4.69, 9.17) is 4.74 Å². The van der Waals surface area contributed by atoms with Crippen LogP contribution >= 0.6 is 0 Å². The van der Waals surface area contributed by atoms with Crippen LogP contribution < -0.4 is 9.64 Å². The molecule has 0 bridgehead atoms. The van der Waals surface area contributed by atoms with E-state index in [1.165, 1.54) is 37.2 Å². The van der Waals surface area contributed by atoms with Gasteiger partial charge in [-0.25, -0.2) is 0 Å². The summed E-state index contributed by atoms with van der Waals surface area (Å²) in [6.07, 6.45) is 4.51. The second-order valence-corrected chi connectivity index (χ2v) is 5.67. The van der Waals surface area contributed by atoms with Gasteiger partial charge < -0.3 is 9.64 Å². The van der Waals surface area contributed by atoms with Crippen molar-refractivity contribution in [1.82, 2.24) is 0 Å². The molecule has 2 aromatic carbocycles. The van der Waals surface area contributed by atoms with Gasteiger partial charge in [0, 0.05) is 25.0 Å². The summed E-state index contributed by atoms with van der Waals surface area (Å²) in [5.41, 5.74) is 4.63. The Kier molecular flexibility index (Phi) is 4.42. The molecule has 0 unspecified atom stereocenters. The van der Waals surface area contributed by atoms with Crippen LogP contribution in [-0.4, -0.2) is 26.4 Å². The van der Waals surface area contributed by atoms with Crippen LogP contribution in [0.2, 0.25) is 0 Å². The maximum atomic E-state index is 5.32. The molecule has 0 aliphatic carbocycles. The van der Waals surface area contributed by atoms with Crippen molar-refractivity contribution in [3.05, 3.63) is 53.6 Å². The minimum atomic E-state index is 0.796. The van der Waals surface area contributed by atoms with Gasteiger partial charge in [0.15, 0.2) is 0 Å². The Hall–Kier alpha value is -2.29. The number of ether oxygens (including phenoxy) is 1. The van der Waals surface area contributed by atoms with Crippen molar-refractivity contribution in [1.29, 1.82) is 0 Å². The third-order valence-electron chi connectivity index (χ3n) is 4.11. The summed E-state index contributed by atoms with van der Waals surface area (Å²) in [6.45, 7) is 4.53. The van der Waals surface area contributed by atoms with Crippen LogP contribution in [0.5, 0.6) is 5.75 Å². The van der Waals surface area contributed by atoms with Crippen LogP contribution in [0, 0.1) is 6.92 Å². The van der Waals surface area contributed by atoms with Crippen LogP contribution in [0.1, 0.15) is 24.0 Å². The third-order valence-corrected chi connectivity index (χ3v) is 4.11. The van der Waals surface area contributed by atoms with Crippen molar-refractivity contribution in [3.63, 3.8) is 0 Å². The van der Waals surface area contributed by atoms with Crippen LogP contribution in [0.15, 0.2) is 47.5 Å². The number of para-hydroxylation sites is 2. The minimum Gasteiger partial charge on any atom is -0.494 e. The van der Waals surface area contributed by atoms with Crippen LogP contribution in [0.4, 0.5) is 11.4 Å². The number of benzene rings is 2. The summed E-state index contributed by atoms with van der Waals surface area (Å²) in [7, 11) is 1.67. The standard InChI is InChI=1S/C19H22N2O/c1-15-13-16(9-10-18(15)21-11-5-6-12-21)14-20-17-7-3-4-8-19(17)22-2/h3-4,7-10,13-14H,5-6,11-12H2,1-2H3. The highest BCUT2D eigenvalue weighted by atomic mass is 16.5. The lowest BCUT2D eigenvalue weighted by Crippen LogP contribution is -2.18. The van der Waals surface area contributed by atoms with Gasteiger partial charge in [0.25, 0.3) is 0 Å². The highest BCUT2D eigenvalue weighted by Crippen LogP contribution is 2.27. The normalized spacial score (nSPS) is 14.7. The monoisotopic (exact) mass is 294 g/mol. The zero-order valence-corrected chi connectivity index (χ0v) is 13.2. The quantitative estimate of drug-likeness (QED) is 0.783. The molecule has 114 valence electrons. The lowest BCUT2D eigenvalue weighted by molar-refractivity contribution is 0.416. The highest BCUT2D eigenvalue weighted by Gasteiger charge is 2.13. The Labute approximate surface area is 132 Å². The number of nitrogens with zero attached hydrogens (tertiary/aromatic N) is 2. The average molecular weight is 294 g/mol. The Morgan fingerprint density at radius 3 is 2.59 bits per heavy atom. The molecular formula is C19H22N2O. The molecule has 0 radical (unpaired) electrons. The number of hydrogen-bond donors (Lipinski definition) is 0. The summed E-state index contributed by atoms with van der Waals surface area (Å²) in [6, 6.07) is 14.4. The van der Waals surface area contributed by atoms with Crippen LogP contribution in [-0.2, 0) is 0 Å². The number of anilines is 1. The first-order valence-electron chi connectivity index (χ1n) is 7.80. The molecule has 22 heavy (non-hydrogen) atoms. The van der Waals surface area contributed by atoms with Gasteiger partial charge in [-0.05, 0) is 55.2 Å². The van der Waals surface area contributed by atoms with Gasteiger partial charge in [0.2, 0.25) is 0 Å². The molecule has 0 saturated carbocycles. The zero-order valence-electron chi connectivity index (χ0n) is 13.2. The Balaban J connectivity index is 1.80. The molecule has 0 N–H and O–H groups in total. The van der Waals surface area contributed by atoms with Crippen molar-refractivity contribution in [2.24, 2.45) is 4.99 Å². The Morgan fingerprint density at radius 2 is 1.86 bits per heavy atom. The van der Waals surface area contributed by atoms with E-state index >= 15 is 0 Å². The molecule has 2 aromatic rings. The predicted octanol–water partition coefficient (Wildman–Crippen LogP) is 4.35. The number of rotatable bonds is 4. The molecule has 3 heteroatoms. The first kappa shape index (κ1) is 14.6. The Bertz CT molecular complexity index is 673. The lowest BCUT2D eigenvalue weighted by atomic mass is 10.1. The largest absolute Gasteiger partial charge is 0.494 e. The average Bonchev–Trinajstić information content (AvgIpc) is 3.07. The summed E-state index contributed by atoms with van der Waals surface area (Å²) >= 11 is 0. The van der Waals surface area contributed by atoms with E-state index in [1.54, 1.807) is 7.11 Å². The number of hydrogen-bond acceptors (Lipinski definition) is 3. The van der Waals surface area contributed by atoms with E-state index in [-0.39, 0.29) is 0 Å². The highest BCUT2D eigenvalue weighted by molar-refractivity contribution is 5.84. The molecule has 0 spiro atoms.